The number of nitrogens with zero attached hydrogens (tertiary/aromatic N) is 3. The number of amides is 1. The Balaban J connectivity index is 1.73. The number of benzene rings is 1. The highest BCUT2D eigenvalue weighted by Crippen LogP contribution is 2.28. The lowest BCUT2D eigenvalue weighted by Crippen LogP contribution is -2.59. The summed E-state index contributed by atoms with van der Waals surface area (Å²) in [5, 5.41) is 0.565. The van der Waals surface area contributed by atoms with Gasteiger partial charge < -0.3 is 9.80 Å². The maximum Gasteiger partial charge on any atom is 0.305 e. The number of alkyl halides is 2. The molecule has 184 valence electrons. The molecule has 34 heavy (non-hydrogen) atoms. The van der Waals surface area contributed by atoms with Crippen LogP contribution in [0.2, 0.25) is 10.0 Å². The lowest BCUT2D eigenvalue weighted by Gasteiger charge is -2.45. The van der Waals surface area contributed by atoms with E-state index in [1.54, 1.807) is 23.2 Å². The van der Waals surface area contributed by atoms with Crippen molar-refractivity contribution in [2.24, 2.45) is 0 Å². The summed E-state index contributed by atoms with van der Waals surface area (Å²) in [5.41, 5.74) is 0.282. The van der Waals surface area contributed by atoms with Gasteiger partial charge in [0.05, 0.1) is 26.5 Å². The molecule has 1 fully saturated rings. The van der Waals surface area contributed by atoms with Gasteiger partial charge in [-0.15, -0.1) is 0 Å². The van der Waals surface area contributed by atoms with Crippen LogP contribution in [0.15, 0.2) is 41.4 Å². The maximum absolute atomic E-state index is 13.5. The Kier molecular flexibility index (Phi) is 8.31. The van der Waals surface area contributed by atoms with Crippen molar-refractivity contribution in [1.29, 1.82) is 0 Å². The molecule has 0 aliphatic carbocycles. The van der Waals surface area contributed by atoms with Gasteiger partial charge in [-0.25, -0.2) is 4.98 Å². The average Bonchev–Trinajstić information content (AvgIpc) is 2.80. The minimum Gasteiger partial charge on any atom is -0.350 e. The number of hydrogen-bond donors (Lipinski definition) is 0. The third-order valence-electron chi connectivity index (χ3n) is 6.06. The molecule has 2 aromatic rings. The van der Waals surface area contributed by atoms with E-state index in [-0.39, 0.29) is 33.5 Å². The third-order valence-corrected chi connectivity index (χ3v) is 8.09. The fraction of sp³-hybridized carbons (Fsp3) is 0.435. The van der Waals surface area contributed by atoms with Gasteiger partial charge in [-0.05, 0) is 44.2 Å². The van der Waals surface area contributed by atoms with Gasteiger partial charge in [-0.3, -0.25) is 13.8 Å². The van der Waals surface area contributed by atoms with E-state index in [2.05, 4.69) is 9.88 Å². The lowest BCUT2D eigenvalue weighted by atomic mass is 10.0. The van der Waals surface area contributed by atoms with Crippen LogP contribution in [0, 0.1) is 0 Å². The van der Waals surface area contributed by atoms with Gasteiger partial charge in [-0.1, -0.05) is 30.1 Å². The van der Waals surface area contributed by atoms with Crippen molar-refractivity contribution < 1.29 is 22.6 Å². The van der Waals surface area contributed by atoms with E-state index in [4.69, 9.17) is 23.2 Å². The molecule has 3 unspecified atom stereocenters. The van der Waals surface area contributed by atoms with Crippen LogP contribution in [-0.4, -0.2) is 62.6 Å². The van der Waals surface area contributed by atoms with E-state index >= 15 is 0 Å². The van der Waals surface area contributed by atoms with Gasteiger partial charge in [0.25, 0.3) is 5.91 Å². The third kappa shape index (κ3) is 5.58. The van der Waals surface area contributed by atoms with Gasteiger partial charge in [0.1, 0.15) is 5.82 Å². The number of piperazine rings is 1. The average molecular weight is 532 g/mol. The SMILES string of the molecule is CCC(F)(F)C(=O)CS(=O)c1ccc(C(=O)N2CCN(c3cc(Cl)ccn3)C(C)C2C)cc1Cl. The summed E-state index contributed by atoms with van der Waals surface area (Å²) < 4.78 is 39.6. The molecular weight excluding hydrogens is 507 g/mol. The molecule has 0 bridgehead atoms. The molecule has 0 saturated carbocycles. The summed E-state index contributed by atoms with van der Waals surface area (Å²) in [5.74, 6) is -5.31. The predicted octanol–water partition coefficient (Wildman–Crippen LogP) is 4.85. The van der Waals surface area contributed by atoms with Gasteiger partial charge in [0.15, 0.2) is 0 Å². The number of carbonyl (C=O) groups excluding carboxylic acids is 2. The molecule has 0 radical (unpaired) electrons. The highest BCUT2D eigenvalue weighted by atomic mass is 35.5. The number of hydrogen-bond acceptors (Lipinski definition) is 5. The number of pyridine rings is 1. The second-order valence-electron chi connectivity index (χ2n) is 8.12. The molecular formula is C23H25Cl2F2N3O3S. The molecule has 1 aromatic heterocycles. The summed E-state index contributed by atoms with van der Waals surface area (Å²) in [6.07, 6.45) is 0.971. The monoisotopic (exact) mass is 531 g/mol. The van der Waals surface area contributed by atoms with Gasteiger partial charge in [-0.2, -0.15) is 8.78 Å². The van der Waals surface area contributed by atoms with E-state index < -0.39 is 34.7 Å². The predicted molar refractivity (Wildman–Crippen MR) is 130 cm³/mol. The van der Waals surface area contributed by atoms with Crippen LogP contribution in [-0.2, 0) is 15.6 Å². The molecule has 1 aliphatic rings. The second-order valence-corrected chi connectivity index (χ2v) is 10.4. The second kappa shape index (κ2) is 10.7. The fourth-order valence-corrected chi connectivity index (χ4v) is 5.48. The summed E-state index contributed by atoms with van der Waals surface area (Å²) in [6.45, 7) is 6.10. The quantitative estimate of drug-likeness (QED) is 0.510. The van der Waals surface area contributed by atoms with Crippen molar-refractivity contribution in [3.8, 4) is 0 Å². The smallest absolute Gasteiger partial charge is 0.305 e. The van der Waals surface area contributed by atoms with Crippen molar-refractivity contribution in [3.63, 3.8) is 0 Å². The standard InChI is InChI=1S/C23H25Cl2F2N3O3S/c1-4-23(26,27)20(31)13-34(33)19-6-5-16(11-18(19)25)22(32)30-10-9-29(14(2)15(30)3)21-12-17(24)7-8-28-21/h5-8,11-12,14-15H,4,9-10,13H2,1-3H3. The molecule has 6 nitrogen and oxygen atoms in total. The minimum atomic E-state index is -3.53. The van der Waals surface area contributed by atoms with Crippen LogP contribution in [0.4, 0.5) is 14.6 Å². The first kappa shape index (κ1) is 26.5. The fourth-order valence-electron chi connectivity index (χ4n) is 3.79. The first-order valence-corrected chi connectivity index (χ1v) is 12.8. The number of anilines is 1. The van der Waals surface area contributed by atoms with Crippen LogP contribution in [0.25, 0.3) is 0 Å². The topological polar surface area (TPSA) is 70.6 Å². The Bertz CT molecular complexity index is 1120. The minimum absolute atomic E-state index is 0.0146. The number of halogens is 4. The Labute approximate surface area is 209 Å². The lowest BCUT2D eigenvalue weighted by molar-refractivity contribution is -0.140. The van der Waals surface area contributed by atoms with Gasteiger partial charge >= 0.3 is 5.92 Å². The molecule has 0 N–H and O–H groups in total. The summed E-state index contributed by atoms with van der Waals surface area (Å²) >= 11 is 12.3. The van der Waals surface area contributed by atoms with Crippen molar-refractivity contribution in [1.82, 2.24) is 9.88 Å². The molecule has 11 heteroatoms. The molecule has 3 rings (SSSR count). The summed E-state index contributed by atoms with van der Waals surface area (Å²) in [7, 11) is -2.05. The molecule has 1 aromatic carbocycles. The zero-order valence-electron chi connectivity index (χ0n) is 18.9. The van der Waals surface area contributed by atoms with Crippen LogP contribution in [0.1, 0.15) is 37.6 Å². The van der Waals surface area contributed by atoms with Crippen molar-refractivity contribution in [2.45, 2.75) is 50.1 Å². The molecule has 2 heterocycles. The normalized spacial score (nSPS) is 19.7. The van der Waals surface area contributed by atoms with E-state index in [0.717, 1.165) is 5.82 Å². The largest absolute Gasteiger partial charge is 0.350 e. The Morgan fingerprint density at radius 3 is 2.47 bits per heavy atom. The molecule has 1 aliphatic heterocycles. The highest BCUT2D eigenvalue weighted by molar-refractivity contribution is 7.86. The number of rotatable bonds is 7. The summed E-state index contributed by atoms with van der Waals surface area (Å²) in [4.78, 5) is 33.2. The van der Waals surface area contributed by atoms with Gasteiger partial charge in [0.2, 0.25) is 5.78 Å². The summed E-state index contributed by atoms with van der Waals surface area (Å²) in [6, 6.07) is 7.44. The van der Waals surface area contributed by atoms with Crippen molar-refractivity contribution in [3.05, 3.63) is 52.1 Å². The molecule has 1 amide bonds. The van der Waals surface area contributed by atoms with E-state index in [0.29, 0.717) is 18.1 Å². The zero-order valence-corrected chi connectivity index (χ0v) is 21.3. The molecule has 0 spiro atoms. The first-order valence-electron chi connectivity index (χ1n) is 10.7. The Morgan fingerprint density at radius 2 is 1.85 bits per heavy atom. The molecule has 3 atom stereocenters. The number of ketones is 1. The van der Waals surface area contributed by atoms with Crippen LogP contribution in [0.5, 0.6) is 0 Å². The van der Waals surface area contributed by atoms with Crippen molar-refractivity contribution in [2.75, 3.05) is 23.7 Å². The van der Waals surface area contributed by atoms with Crippen molar-refractivity contribution >= 4 is 51.5 Å². The van der Waals surface area contributed by atoms with Gasteiger partial charge in [0, 0.05) is 48.4 Å². The highest BCUT2D eigenvalue weighted by Gasteiger charge is 2.38. The number of Topliss-reactive ketones (excluding diaryl/α,β-unsaturated/α-hetero) is 1. The Morgan fingerprint density at radius 1 is 1.15 bits per heavy atom. The Hall–Kier alpha value is -2.10. The maximum atomic E-state index is 13.5. The molecule has 1 saturated heterocycles. The number of aromatic nitrogens is 1. The van der Waals surface area contributed by atoms with E-state index in [1.165, 1.54) is 25.1 Å². The van der Waals surface area contributed by atoms with Crippen LogP contribution >= 0.6 is 23.2 Å². The first-order chi connectivity index (χ1) is 16.0. The van der Waals surface area contributed by atoms with E-state index in [9.17, 15) is 22.6 Å². The number of carbonyl (C=O) groups is 2. The zero-order chi connectivity index (χ0) is 25.2. The van der Waals surface area contributed by atoms with Crippen LogP contribution < -0.4 is 4.90 Å². The van der Waals surface area contributed by atoms with Crippen LogP contribution in [0.3, 0.4) is 0 Å². The van der Waals surface area contributed by atoms with E-state index in [1.807, 2.05) is 13.8 Å².